The van der Waals surface area contributed by atoms with Gasteiger partial charge in [0.15, 0.2) is 17.5 Å². The Kier molecular flexibility index (Phi) is 5.85. The second kappa shape index (κ2) is 10.3. The quantitative estimate of drug-likeness (QED) is 0.187. The highest BCUT2D eigenvalue weighted by Crippen LogP contribution is 2.53. The molecule has 0 saturated carbocycles. The van der Waals surface area contributed by atoms with E-state index in [-0.39, 0.29) is 10.8 Å². The van der Waals surface area contributed by atoms with E-state index in [0.717, 1.165) is 73.4 Å². The lowest BCUT2D eigenvalue weighted by Gasteiger charge is -2.21. The second-order valence-corrected chi connectivity index (χ2v) is 15.7. The number of rotatable bonds is 3. The van der Waals surface area contributed by atoms with E-state index in [9.17, 15) is 0 Å². The molecule has 52 heavy (non-hydrogen) atoms. The molecule has 2 aliphatic carbocycles. The summed E-state index contributed by atoms with van der Waals surface area (Å²) < 4.78 is 13.3. The number of benzene rings is 6. The Hall–Kier alpha value is -6.07. The maximum Gasteiger partial charge on any atom is 0.167 e. The predicted molar refractivity (Wildman–Crippen MR) is 210 cm³/mol. The highest BCUT2D eigenvalue weighted by molar-refractivity contribution is 6.17. The van der Waals surface area contributed by atoms with Gasteiger partial charge in [-0.25, -0.2) is 15.0 Å². The molecule has 0 aliphatic heterocycles. The molecule has 3 heterocycles. The molecular formula is C47H35N3O2. The van der Waals surface area contributed by atoms with E-state index in [4.69, 9.17) is 23.8 Å². The van der Waals surface area contributed by atoms with Crippen molar-refractivity contribution in [1.29, 1.82) is 0 Å². The predicted octanol–water partition coefficient (Wildman–Crippen LogP) is 12.2. The molecule has 5 heteroatoms. The van der Waals surface area contributed by atoms with Crippen molar-refractivity contribution < 1.29 is 8.83 Å². The first-order valence-electron chi connectivity index (χ1n) is 18.2. The fourth-order valence-corrected chi connectivity index (χ4v) is 9.07. The summed E-state index contributed by atoms with van der Waals surface area (Å²) in [7, 11) is 0. The van der Waals surface area contributed by atoms with Crippen molar-refractivity contribution in [3.05, 3.63) is 138 Å². The van der Waals surface area contributed by atoms with Crippen LogP contribution in [0, 0.1) is 0 Å². The van der Waals surface area contributed by atoms with Gasteiger partial charge < -0.3 is 8.83 Å². The molecule has 0 saturated heterocycles. The number of para-hydroxylation sites is 3. The average molecular weight is 674 g/mol. The van der Waals surface area contributed by atoms with Crippen molar-refractivity contribution >= 4 is 43.9 Å². The van der Waals surface area contributed by atoms with Gasteiger partial charge in [0.25, 0.3) is 0 Å². The Morgan fingerprint density at radius 3 is 2.00 bits per heavy atom. The lowest BCUT2D eigenvalue weighted by molar-refractivity contribution is 0.522. The molecule has 3 aromatic heterocycles. The highest BCUT2D eigenvalue weighted by atomic mass is 16.3. The molecule has 9 aromatic rings. The summed E-state index contributed by atoms with van der Waals surface area (Å²) in [5.74, 6) is 1.76. The molecule has 5 nitrogen and oxygen atoms in total. The topological polar surface area (TPSA) is 65.0 Å². The standard InChI is InChI=1S/C47H35N3O2/c1-46(2)24-23-26-19-20-27(25-36(26)46)43-48-44(32-15-9-13-29-28-11-6-8-18-37(28)51-41(29)32)50-45(49-43)33-16-10-14-31-40-38(52-42(31)33)22-21-35-39(40)30-12-5-7-17-34(30)47(35,3)4/h5-22,25H,23-24H2,1-4H3. The fourth-order valence-electron chi connectivity index (χ4n) is 9.07. The van der Waals surface area contributed by atoms with Crippen molar-refractivity contribution in [1.82, 2.24) is 15.0 Å². The molecule has 0 radical (unpaired) electrons. The number of hydrogen-bond acceptors (Lipinski definition) is 5. The fraction of sp³-hybridized carbons (Fsp3) is 0.170. The zero-order valence-corrected chi connectivity index (χ0v) is 29.5. The third-order valence-electron chi connectivity index (χ3n) is 11.8. The van der Waals surface area contributed by atoms with E-state index in [1.807, 2.05) is 24.3 Å². The number of fused-ring (bicyclic) bond motifs is 11. The van der Waals surface area contributed by atoms with Gasteiger partial charge in [-0.15, -0.1) is 0 Å². The van der Waals surface area contributed by atoms with Crippen molar-refractivity contribution in [2.45, 2.75) is 51.4 Å². The first kappa shape index (κ1) is 29.6. The number of aromatic nitrogens is 3. The molecule has 0 unspecified atom stereocenters. The van der Waals surface area contributed by atoms with Crippen molar-refractivity contribution in [3.63, 3.8) is 0 Å². The minimum atomic E-state index is -0.110. The van der Waals surface area contributed by atoms with Gasteiger partial charge in [-0.05, 0) is 82.0 Å². The average Bonchev–Trinajstić information content (AvgIpc) is 3.89. The second-order valence-electron chi connectivity index (χ2n) is 15.7. The van der Waals surface area contributed by atoms with E-state index in [1.54, 1.807) is 0 Å². The minimum absolute atomic E-state index is 0.0945. The van der Waals surface area contributed by atoms with Crippen LogP contribution in [0.2, 0.25) is 0 Å². The zero-order chi connectivity index (χ0) is 34.9. The number of aryl methyl sites for hydroxylation is 1. The van der Waals surface area contributed by atoms with E-state index in [2.05, 4.69) is 119 Å². The van der Waals surface area contributed by atoms with Gasteiger partial charge in [-0.2, -0.15) is 0 Å². The Morgan fingerprint density at radius 1 is 0.519 bits per heavy atom. The molecule has 2 aliphatic rings. The van der Waals surface area contributed by atoms with Gasteiger partial charge in [0.1, 0.15) is 22.3 Å². The molecule has 11 rings (SSSR count). The van der Waals surface area contributed by atoms with E-state index in [0.29, 0.717) is 17.5 Å². The first-order valence-corrected chi connectivity index (χ1v) is 18.2. The van der Waals surface area contributed by atoms with Crippen LogP contribution >= 0.6 is 0 Å². The van der Waals surface area contributed by atoms with Crippen LogP contribution in [0.4, 0.5) is 0 Å². The largest absolute Gasteiger partial charge is 0.455 e. The Balaban J connectivity index is 1.18. The summed E-state index contributed by atoms with van der Waals surface area (Å²) in [6, 6.07) is 40.5. The lowest BCUT2D eigenvalue weighted by atomic mass is 9.82. The van der Waals surface area contributed by atoms with Crippen LogP contribution in [-0.4, -0.2) is 15.0 Å². The Labute approximate surface area is 301 Å². The lowest BCUT2D eigenvalue weighted by Crippen LogP contribution is -2.14. The van der Waals surface area contributed by atoms with E-state index >= 15 is 0 Å². The van der Waals surface area contributed by atoms with Crippen LogP contribution in [0.5, 0.6) is 0 Å². The molecular weight excluding hydrogens is 639 g/mol. The summed E-state index contributed by atoms with van der Waals surface area (Å²) in [5, 5.41) is 4.29. The molecule has 0 N–H and O–H groups in total. The Bertz CT molecular complexity index is 2980. The smallest absolute Gasteiger partial charge is 0.167 e. The molecule has 0 fully saturated rings. The molecule has 250 valence electrons. The maximum atomic E-state index is 6.82. The van der Waals surface area contributed by atoms with Gasteiger partial charge in [0.2, 0.25) is 0 Å². The molecule has 0 spiro atoms. The van der Waals surface area contributed by atoms with Gasteiger partial charge >= 0.3 is 0 Å². The molecule has 0 atom stereocenters. The summed E-state index contributed by atoms with van der Waals surface area (Å²) in [5.41, 5.74) is 13.8. The summed E-state index contributed by atoms with van der Waals surface area (Å²) >= 11 is 0. The van der Waals surface area contributed by atoms with Crippen molar-refractivity contribution in [3.8, 4) is 45.3 Å². The minimum Gasteiger partial charge on any atom is -0.455 e. The van der Waals surface area contributed by atoms with Crippen molar-refractivity contribution in [2.24, 2.45) is 0 Å². The SMILES string of the molecule is CC1(C)CCc2ccc(-c3nc(-c4cccc5c4oc4ccccc45)nc(-c4cccc5c4oc4ccc6c(c45)-c4ccccc4C6(C)C)n3)cc21. The third-order valence-corrected chi connectivity index (χ3v) is 11.8. The molecule has 0 amide bonds. The first-order chi connectivity index (χ1) is 25.3. The Morgan fingerprint density at radius 2 is 1.17 bits per heavy atom. The van der Waals surface area contributed by atoms with Crippen LogP contribution < -0.4 is 0 Å². The zero-order valence-electron chi connectivity index (χ0n) is 29.5. The maximum absolute atomic E-state index is 6.82. The van der Waals surface area contributed by atoms with Crippen LogP contribution in [0.1, 0.15) is 56.4 Å². The van der Waals surface area contributed by atoms with Gasteiger partial charge in [-0.3, -0.25) is 0 Å². The van der Waals surface area contributed by atoms with Gasteiger partial charge in [0.05, 0.1) is 11.1 Å². The van der Waals surface area contributed by atoms with Crippen molar-refractivity contribution in [2.75, 3.05) is 0 Å². The van der Waals surface area contributed by atoms with Gasteiger partial charge in [0, 0.05) is 32.5 Å². The molecule has 0 bridgehead atoms. The number of furan rings is 2. The normalized spacial score (nSPS) is 15.5. The molecule has 6 aromatic carbocycles. The van der Waals surface area contributed by atoms with Crippen LogP contribution in [0.15, 0.2) is 124 Å². The summed E-state index contributed by atoms with van der Waals surface area (Å²) in [6.45, 7) is 9.28. The summed E-state index contributed by atoms with van der Waals surface area (Å²) in [6.07, 6.45) is 2.22. The van der Waals surface area contributed by atoms with E-state index < -0.39 is 0 Å². The highest BCUT2D eigenvalue weighted by Gasteiger charge is 2.37. The summed E-state index contributed by atoms with van der Waals surface area (Å²) in [4.78, 5) is 15.7. The van der Waals surface area contributed by atoms with Gasteiger partial charge in [-0.1, -0.05) is 113 Å². The third kappa shape index (κ3) is 4.02. The number of nitrogens with zero attached hydrogens (tertiary/aromatic N) is 3. The van der Waals surface area contributed by atoms with E-state index in [1.165, 1.54) is 33.4 Å². The van der Waals surface area contributed by atoms with Crippen LogP contribution in [0.25, 0.3) is 89.2 Å². The monoisotopic (exact) mass is 673 g/mol. The van der Waals surface area contributed by atoms with Crippen LogP contribution in [-0.2, 0) is 17.3 Å². The van der Waals surface area contributed by atoms with Crippen LogP contribution in [0.3, 0.4) is 0 Å². The number of hydrogen-bond donors (Lipinski definition) is 0.